The van der Waals surface area contributed by atoms with E-state index >= 15 is 0 Å². The molecular weight excluding hydrogens is 306 g/mol. The van der Waals surface area contributed by atoms with Crippen molar-refractivity contribution in [3.05, 3.63) is 70.0 Å². The lowest BCUT2D eigenvalue weighted by Gasteiger charge is -1.97. The summed E-state index contributed by atoms with van der Waals surface area (Å²) in [6, 6.07) is 17.1. The highest BCUT2D eigenvalue weighted by molar-refractivity contribution is 7.98. The number of nitrogens with zero attached hydrogens (tertiary/aromatic N) is 1. The molecule has 0 atom stereocenters. The molecule has 22 heavy (non-hydrogen) atoms. The summed E-state index contributed by atoms with van der Waals surface area (Å²) >= 11 is 3.43. The molecule has 3 heteroatoms. The van der Waals surface area contributed by atoms with Crippen molar-refractivity contribution < 1.29 is 0 Å². The largest absolute Gasteiger partial charge is 0.237 e. The minimum Gasteiger partial charge on any atom is -0.237 e. The van der Waals surface area contributed by atoms with E-state index in [1.54, 1.807) is 23.1 Å². The maximum Gasteiger partial charge on any atom is 0.116 e. The Bertz CT molecular complexity index is 768. The molecule has 0 aliphatic carbocycles. The quantitative estimate of drug-likeness (QED) is 0.545. The number of thiazole rings is 1. The standard InChI is InChI=1S/C19H17NS2/c1-14-3-8-16(9-4-14)18-13-22-19(20-18)12-7-15-5-10-17(21-2)11-6-15/h3-13H,1-2H3. The summed E-state index contributed by atoms with van der Waals surface area (Å²) in [5.41, 5.74) is 4.69. The zero-order valence-electron chi connectivity index (χ0n) is 12.6. The molecule has 1 aromatic heterocycles. The molecule has 3 rings (SSSR count). The van der Waals surface area contributed by atoms with E-state index in [0.717, 1.165) is 10.7 Å². The molecule has 0 bridgehead atoms. The van der Waals surface area contributed by atoms with E-state index in [2.05, 4.69) is 84.2 Å². The summed E-state index contributed by atoms with van der Waals surface area (Å²) in [6.45, 7) is 2.10. The summed E-state index contributed by atoms with van der Waals surface area (Å²) in [7, 11) is 0. The molecule has 0 saturated heterocycles. The maximum absolute atomic E-state index is 4.69. The SMILES string of the molecule is CSc1ccc(C=Cc2nc(-c3ccc(C)cc3)cs2)cc1. The number of hydrogen-bond acceptors (Lipinski definition) is 3. The van der Waals surface area contributed by atoms with E-state index in [0.29, 0.717) is 0 Å². The van der Waals surface area contributed by atoms with E-state index < -0.39 is 0 Å². The topological polar surface area (TPSA) is 12.9 Å². The van der Waals surface area contributed by atoms with Gasteiger partial charge in [-0.1, -0.05) is 48.0 Å². The van der Waals surface area contributed by atoms with Gasteiger partial charge in [-0.25, -0.2) is 4.98 Å². The zero-order valence-corrected chi connectivity index (χ0v) is 14.2. The second-order valence-corrected chi connectivity index (χ2v) is 6.81. The molecular formula is C19H17NS2. The Morgan fingerprint density at radius 3 is 2.36 bits per heavy atom. The third kappa shape index (κ3) is 3.67. The first-order chi connectivity index (χ1) is 10.7. The Morgan fingerprint density at radius 1 is 0.955 bits per heavy atom. The average molecular weight is 323 g/mol. The van der Waals surface area contributed by atoms with Gasteiger partial charge in [-0.15, -0.1) is 23.1 Å². The molecule has 0 amide bonds. The molecule has 0 radical (unpaired) electrons. The molecule has 0 N–H and O–H groups in total. The Kier molecular flexibility index (Phi) is 4.76. The first-order valence-corrected chi connectivity index (χ1v) is 9.20. The van der Waals surface area contributed by atoms with E-state index in [9.17, 15) is 0 Å². The lowest BCUT2D eigenvalue weighted by Crippen LogP contribution is -1.79. The fraction of sp³-hybridized carbons (Fsp3) is 0.105. The number of rotatable bonds is 4. The van der Waals surface area contributed by atoms with Gasteiger partial charge in [0.2, 0.25) is 0 Å². The van der Waals surface area contributed by atoms with Crippen LogP contribution < -0.4 is 0 Å². The molecule has 1 heterocycles. The first-order valence-electron chi connectivity index (χ1n) is 7.09. The molecule has 0 unspecified atom stereocenters. The van der Waals surface area contributed by atoms with Gasteiger partial charge in [-0.3, -0.25) is 0 Å². The average Bonchev–Trinajstić information content (AvgIpc) is 3.03. The second-order valence-electron chi connectivity index (χ2n) is 5.04. The summed E-state index contributed by atoms with van der Waals surface area (Å²) < 4.78 is 0. The zero-order chi connectivity index (χ0) is 15.4. The Labute approximate surface area is 139 Å². The summed E-state index contributed by atoms with van der Waals surface area (Å²) in [5, 5.41) is 3.14. The fourth-order valence-electron chi connectivity index (χ4n) is 2.10. The van der Waals surface area contributed by atoms with Crippen LogP contribution in [0.2, 0.25) is 0 Å². The van der Waals surface area contributed by atoms with Crippen LogP contribution in [-0.2, 0) is 0 Å². The van der Waals surface area contributed by atoms with Gasteiger partial charge < -0.3 is 0 Å². The van der Waals surface area contributed by atoms with Gasteiger partial charge in [0, 0.05) is 15.8 Å². The number of hydrogen-bond donors (Lipinski definition) is 0. The van der Waals surface area contributed by atoms with Crippen LogP contribution in [0.1, 0.15) is 16.1 Å². The number of thioether (sulfide) groups is 1. The molecule has 0 saturated carbocycles. The van der Waals surface area contributed by atoms with Crippen molar-refractivity contribution in [3.63, 3.8) is 0 Å². The third-order valence-corrected chi connectivity index (χ3v) is 4.96. The molecule has 2 aromatic carbocycles. The predicted molar refractivity (Wildman–Crippen MR) is 99.4 cm³/mol. The third-order valence-electron chi connectivity index (χ3n) is 3.40. The molecule has 110 valence electrons. The van der Waals surface area contributed by atoms with Crippen LogP contribution in [-0.4, -0.2) is 11.2 Å². The molecule has 0 spiro atoms. The lowest BCUT2D eigenvalue weighted by molar-refractivity contribution is 1.37. The van der Waals surface area contributed by atoms with E-state index in [4.69, 9.17) is 0 Å². The lowest BCUT2D eigenvalue weighted by atomic mass is 10.1. The van der Waals surface area contributed by atoms with Crippen LogP contribution in [0.4, 0.5) is 0 Å². The van der Waals surface area contributed by atoms with Gasteiger partial charge in [-0.2, -0.15) is 0 Å². The van der Waals surface area contributed by atoms with Crippen LogP contribution in [0.15, 0.2) is 58.8 Å². The van der Waals surface area contributed by atoms with Crippen LogP contribution in [0.3, 0.4) is 0 Å². The van der Waals surface area contributed by atoms with E-state index in [-0.39, 0.29) is 0 Å². The van der Waals surface area contributed by atoms with Gasteiger partial charge in [0.05, 0.1) is 5.69 Å². The van der Waals surface area contributed by atoms with Gasteiger partial charge in [0.25, 0.3) is 0 Å². The highest BCUT2D eigenvalue weighted by atomic mass is 32.2. The number of aromatic nitrogens is 1. The minimum absolute atomic E-state index is 1.03. The van der Waals surface area contributed by atoms with E-state index in [1.165, 1.54) is 21.6 Å². The Morgan fingerprint density at radius 2 is 1.68 bits per heavy atom. The molecule has 3 aromatic rings. The highest BCUT2D eigenvalue weighted by Crippen LogP contribution is 2.23. The van der Waals surface area contributed by atoms with E-state index in [1.807, 2.05) is 0 Å². The van der Waals surface area contributed by atoms with Crippen molar-refractivity contribution in [1.29, 1.82) is 0 Å². The fourth-order valence-corrected chi connectivity index (χ4v) is 3.23. The molecule has 0 aliphatic heterocycles. The van der Waals surface area contributed by atoms with Gasteiger partial charge in [-0.05, 0) is 37.0 Å². The van der Waals surface area contributed by atoms with Gasteiger partial charge >= 0.3 is 0 Å². The minimum atomic E-state index is 1.03. The second kappa shape index (κ2) is 6.95. The van der Waals surface area contributed by atoms with Crippen molar-refractivity contribution in [1.82, 2.24) is 4.98 Å². The first kappa shape index (κ1) is 15.1. The van der Waals surface area contributed by atoms with Crippen LogP contribution in [0, 0.1) is 6.92 Å². The smallest absolute Gasteiger partial charge is 0.116 e. The summed E-state index contributed by atoms with van der Waals surface area (Å²) in [6.07, 6.45) is 6.28. The molecule has 0 fully saturated rings. The van der Waals surface area contributed by atoms with Crippen molar-refractivity contribution in [2.45, 2.75) is 11.8 Å². The summed E-state index contributed by atoms with van der Waals surface area (Å²) in [4.78, 5) is 5.97. The van der Waals surface area contributed by atoms with Gasteiger partial charge in [0.15, 0.2) is 0 Å². The highest BCUT2D eigenvalue weighted by Gasteiger charge is 2.02. The predicted octanol–water partition coefficient (Wildman–Crippen LogP) is 6.01. The van der Waals surface area contributed by atoms with Crippen molar-refractivity contribution >= 4 is 35.3 Å². The monoisotopic (exact) mass is 323 g/mol. The van der Waals surface area contributed by atoms with Crippen LogP contribution in [0.25, 0.3) is 23.4 Å². The van der Waals surface area contributed by atoms with Crippen LogP contribution in [0.5, 0.6) is 0 Å². The van der Waals surface area contributed by atoms with Crippen molar-refractivity contribution in [2.24, 2.45) is 0 Å². The summed E-state index contributed by atoms with van der Waals surface area (Å²) in [5.74, 6) is 0. The number of aryl methyl sites for hydroxylation is 1. The number of benzene rings is 2. The molecule has 0 aliphatic rings. The van der Waals surface area contributed by atoms with Crippen LogP contribution >= 0.6 is 23.1 Å². The maximum atomic E-state index is 4.69. The van der Waals surface area contributed by atoms with Crippen molar-refractivity contribution in [2.75, 3.05) is 6.26 Å². The van der Waals surface area contributed by atoms with Crippen molar-refractivity contribution in [3.8, 4) is 11.3 Å². The Hall–Kier alpha value is -1.84. The molecule has 1 nitrogen and oxygen atoms in total. The van der Waals surface area contributed by atoms with Gasteiger partial charge in [0.1, 0.15) is 5.01 Å². The normalized spacial score (nSPS) is 11.2. The Balaban J connectivity index is 1.75.